The van der Waals surface area contributed by atoms with E-state index >= 15 is 0 Å². The molecule has 1 aromatic carbocycles. The summed E-state index contributed by atoms with van der Waals surface area (Å²) in [7, 11) is 0. The number of aromatic carboxylic acids is 1. The molecule has 1 rings (SSSR count). The molecule has 0 spiro atoms. The van der Waals surface area contributed by atoms with E-state index in [0.29, 0.717) is 19.0 Å². The number of hydrogen-bond donors (Lipinski definition) is 1. The highest BCUT2D eigenvalue weighted by Gasteiger charge is 2.01. The zero-order valence-electron chi connectivity index (χ0n) is 9.76. The van der Waals surface area contributed by atoms with Crippen LogP contribution < -0.4 is 4.74 Å². The van der Waals surface area contributed by atoms with Crippen LogP contribution in [0.15, 0.2) is 36.6 Å². The predicted octanol–water partition coefficient (Wildman–Crippen LogP) is 2.70. The van der Waals surface area contributed by atoms with Crippen LogP contribution in [0.5, 0.6) is 5.75 Å². The summed E-state index contributed by atoms with van der Waals surface area (Å²) in [4.78, 5) is 10.6. The third-order valence-electron chi connectivity index (χ3n) is 2.01. The van der Waals surface area contributed by atoms with E-state index in [-0.39, 0.29) is 5.56 Å². The van der Waals surface area contributed by atoms with Crippen LogP contribution in [0.1, 0.15) is 23.7 Å². The Hall–Kier alpha value is -1.97. The highest BCUT2D eigenvalue weighted by Crippen LogP contribution is 2.12. The van der Waals surface area contributed by atoms with Gasteiger partial charge < -0.3 is 14.6 Å². The molecule has 0 aliphatic heterocycles. The van der Waals surface area contributed by atoms with Crippen molar-refractivity contribution < 1.29 is 19.4 Å². The van der Waals surface area contributed by atoms with Gasteiger partial charge in [0, 0.05) is 6.42 Å². The summed E-state index contributed by atoms with van der Waals surface area (Å²) in [6.45, 7) is 3.04. The number of rotatable bonds is 7. The highest BCUT2D eigenvalue weighted by molar-refractivity contribution is 5.87. The van der Waals surface area contributed by atoms with E-state index in [4.69, 9.17) is 14.6 Å². The molecule has 0 radical (unpaired) electrons. The molecule has 0 amide bonds. The van der Waals surface area contributed by atoms with Gasteiger partial charge in [0.2, 0.25) is 0 Å². The van der Waals surface area contributed by atoms with Gasteiger partial charge in [0.25, 0.3) is 0 Å². The summed E-state index contributed by atoms with van der Waals surface area (Å²) in [6.07, 6.45) is 4.25. The number of carboxylic acid groups (broad SMARTS) is 1. The van der Waals surface area contributed by atoms with Crippen LogP contribution in [0.2, 0.25) is 0 Å². The van der Waals surface area contributed by atoms with Crippen LogP contribution in [0.3, 0.4) is 0 Å². The van der Waals surface area contributed by atoms with E-state index in [1.165, 1.54) is 12.1 Å². The third-order valence-corrected chi connectivity index (χ3v) is 2.01. The Kier molecular flexibility index (Phi) is 5.64. The van der Waals surface area contributed by atoms with E-state index in [1.807, 2.05) is 13.0 Å². The van der Waals surface area contributed by atoms with Gasteiger partial charge in [-0.05, 0) is 31.2 Å². The van der Waals surface area contributed by atoms with Gasteiger partial charge in [0.1, 0.15) is 5.75 Å². The van der Waals surface area contributed by atoms with Gasteiger partial charge in [-0.2, -0.15) is 0 Å². The molecule has 92 valence electrons. The molecule has 0 aliphatic rings. The molecule has 0 fully saturated rings. The fourth-order valence-corrected chi connectivity index (χ4v) is 1.19. The summed E-state index contributed by atoms with van der Waals surface area (Å²) in [5.74, 6) is -0.266. The molecule has 17 heavy (non-hydrogen) atoms. The molecular weight excluding hydrogens is 220 g/mol. The summed E-state index contributed by atoms with van der Waals surface area (Å²) in [5.41, 5.74) is 0.258. The molecule has 0 saturated heterocycles. The van der Waals surface area contributed by atoms with E-state index in [0.717, 1.165) is 6.42 Å². The second-order valence-corrected chi connectivity index (χ2v) is 3.37. The third kappa shape index (κ3) is 5.06. The quantitative estimate of drug-likeness (QED) is 0.584. The van der Waals surface area contributed by atoms with Crippen molar-refractivity contribution in [2.24, 2.45) is 0 Å². The summed E-state index contributed by atoms with van der Waals surface area (Å²) >= 11 is 0. The Morgan fingerprint density at radius 3 is 2.59 bits per heavy atom. The summed E-state index contributed by atoms with van der Waals surface area (Å²) < 4.78 is 10.6. The van der Waals surface area contributed by atoms with E-state index < -0.39 is 5.97 Å². The van der Waals surface area contributed by atoms with Gasteiger partial charge in [0.05, 0.1) is 25.0 Å². The molecule has 0 aromatic heterocycles. The number of carbonyl (C=O) groups is 1. The van der Waals surface area contributed by atoms with Crippen LogP contribution in [-0.2, 0) is 4.74 Å². The van der Waals surface area contributed by atoms with Gasteiger partial charge in [-0.1, -0.05) is 6.08 Å². The second kappa shape index (κ2) is 7.33. The molecule has 1 aromatic rings. The molecule has 0 aliphatic carbocycles. The second-order valence-electron chi connectivity index (χ2n) is 3.37. The lowest BCUT2D eigenvalue weighted by Gasteiger charge is -2.06. The van der Waals surface area contributed by atoms with Crippen LogP contribution in [0.25, 0.3) is 0 Å². The van der Waals surface area contributed by atoms with Crippen molar-refractivity contribution in [2.75, 3.05) is 13.2 Å². The minimum absolute atomic E-state index is 0.258. The molecule has 0 atom stereocenters. The van der Waals surface area contributed by atoms with E-state index in [9.17, 15) is 4.79 Å². The number of carboxylic acids is 1. The first kappa shape index (κ1) is 13.1. The molecule has 4 heteroatoms. The Bertz CT molecular complexity index is 368. The fourth-order valence-electron chi connectivity index (χ4n) is 1.19. The van der Waals surface area contributed by atoms with Crippen molar-refractivity contribution >= 4 is 5.97 Å². The van der Waals surface area contributed by atoms with Crippen LogP contribution in [0.4, 0.5) is 0 Å². The normalized spacial score (nSPS) is 10.4. The maximum absolute atomic E-state index is 10.6. The Morgan fingerprint density at radius 1 is 1.29 bits per heavy atom. The standard InChI is InChI=1S/C13H16O4/c1-2-8-16-9-3-10-17-12-6-4-11(5-7-12)13(14)15/h2,4-8H,3,9-10H2,1H3,(H,14,15). The van der Waals surface area contributed by atoms with Gasteiger partial charge in [-0.15, -0.1) is 0 Å². The van der Waals surface area contributed by atoms with Gasteiger partial charge in [0.15, 0.2) is 0 Å². The summed E-state index contributed by atoms with van der Waals surface area (Å²) in [5, 5.41) is 8.71. The van der Waals surface area contributed by atoms with Crippen LogP contribution >= 0.6 is 0 Å². The Balaban J connectivity index is 2.25. The number of hydrogen-bond acceptors (Lipinski definition) is 3. The first-order chi connectivity index (χ1) is 8.24. The number of benzene rings is 1. The van der Waals surface area contributed by atoms with Gasteiger partial charge in [-0.25, -0.2) is 4.79 Å². The van der Waals surface area contributed by atoms with Crippen molar-refractivity contribution in [3.05, 3.63) is 42.2 Å². The summed E-state index contributed by atoms with van der Waals surface area (Å²) in [6, 6.07) is 6.34. The smallest absolute Gasteiger partial charge is 0.335 e. The zero-order valence-corrected chi connectivity index (χ0v) is 9.76. The van der Waals surface area contributed by atoms with Gasteiger partial charge in [-0.3, -0.25) is 0 Å². The lowest BCUT2D eigenvalue weighted by atomic mass is 10.2. The maximum atomic E-state index is 10.6. The fraction of sp³-hybridized carbons (Fsp3) is 0.308. The van der Waals surface area contributed by atoms with E-state index in [2.05, 4.69) is 0 Å². The van der Waals surface area contributed by atoms with Crippen LogP contribution in [-0.4, -0.2) is 24.3 Å². The van der Waals surface area contributed by atoms with Crippen molar-refractivity contribution in [2.45, 2.75) is 13.3 Å². The maximum Gasteiger partial charge on any atom is 0.335 e. The lowest BCUT2D eigenvalue weighted by Crippen LogP contribution is -2.01. The van der Waals surface area contributed by atoms with E-state index in [1.54, 1.807) is 18.4 Å². The first-order valence-corrected chi connectivity index (χ1v) is 5.43. The highest BCUT2D eigenvalue weighted by atomic mass is 16.5. The Labute approximate surface area is 100 Å². The average Bonchev–Trinajstić information content (AvgIpc) is 2.34. The molecule has 0 saturated carbocycles. The molecular formula is C13H16O4. The molecule has 0 heterocycles. The minimum atomic E-state index is -0.934. The van der Waals surface area contributed by atoms with Crippen molar-refractivity contribution in [3.8, 4) is 5.75 Å². The predicted molar refractivity (Wildman–Crippen MR) is 64.3 cm³/mol. The molecule has 0 unspecified atom stereocenters. The number of ether oxygens (including phenoxy) is 2. The largest absolute Gasteiger partial charge is 0.501 e. The topological polar surface area (TPSA) is 55.8 Å². The van der Waals surface area contributed by atoms with Gasteiger partial charge >= 0.3 is 5.97 Å². The van der Waals surface area contributed by atoms with Crippen LogP contribution in [0, 0.1) is 0 Å². The minimum Gasteiger partial charge on any atom is -0.501 e. The number of allylic oxidation sites excluding steroid dienone is 1. The average molecular weight is 236 g/mol. The van der Waals surface area contributed by atoms with Crippen molar-refractivity contribution in [1.29, 1.82) is 0 Å². The molecule has 0 bridgehead atoms. The molecule has 4 nitrogen and oxygen atoms in total. The SMILES string of the molecule is CC=COCCCOc1ccc(C(=O)O)cc1. The molecule has 1 N–H and O–H groups in total. The lowest BCUT2D eigenvalue weighted by molar-refractivity contribution is 0.0697. The zero-order chi connectivity index (χ0) is 12.5. The Morgan fingerprint density at radius 2 is 2.00 bits per heavy atom. The van der Waals surface area contributed by atoms with Crippen molar-refractivity contribution in [1.82, 2.24) is 0 Å². The first-order valence-electron chi connectivity index (χ1n) is 5.43. The monoisotopic (exact) mass is 236 g/mol. The van der Waals surface area contributed by atoms with Crippen molar-refractivity contribution in [3.63, 3.8) is 0 Å².